The Morgan fingerprint density at radius 3 is 2.37 bits per heavy atom. The number of methoxy groups -OCH3 is 2. The van der Waals surface area contributed by atoms with Crippen molar-refractivity contribution in [2.24, 2.45) is 0 Å². The zero-order valence-corrected chi connectivity index (χ0v) is 17.8. The zero-order chi connectivity index (χ0) is 22.1. The fourth-order valence-electron chi connectivity index (χ4n) is 2.50. The van der Waals surface area contributed by atoms with Gasteiger partial charge in [0.15, 0.2) is 11.5 Å². The first-order chi connectivity index (χ1) is 14.1. The molecule has 6 nitrogen and oxygen atoms in total. The van der Waals surface area contributed by atoms with E-state index in [-0.39, 0.29) is 10.7 Å². The first-order valence-electron chi connectivity index (χ1n) is 8.12. The Labute approximate surface area is 179 Å². The minimum absolute atomic E-state index is 0.0431. The molecule has 0 aliphatic heterocycles. The number of halogens is 4. The molecule has 0 unspecified atom stereocenters. The summed E-state index contributed by atoms with van der Waals surface area (Å²) in [6.07, 6.45) is 0. The van der Waals surface area contributed by atoms with Crippen molar-refractivity contribution in [2.45, 2.75) is 5.51 Å². The molecule has 1 heterocycles. The molecule has 12 heteroatoms. The minimum Gasteiger partial charge on any atom is -0.493 e. The molecule has 0 saturated heterocycles. The Bertz CT molecular complexity index is 1180. The average Bonchev–Trinajstić information content (AvgIpc) is 3.16. The molecule has 30 heavy (non-hydrogen) atoms. The molecule has 160 valence electrons. The standard InChI is InChI=1S/C18H14ClF3N2O4S2/c1-27-15-6-3-10(7-16(15)28-2)17-23-14(9-29-17)12-5-4-11(8-13(12)19)24-30(25,26)18(20,21)22/h3-9,24H,1-2H3. The average molecular weight is 479 g/mol. The van der Waals surface area contributed by atoms with Crippen LogP contribution in [0.4, 0.5) is 18.9 Å². The lowest BCUT2D eigenvalue weighted by Gasteiger charge is -2.11. The van der Waals surface area contributed by atoms with Crippen molar-refractivity contribution in [1.29, 1.82) is 0 Å². The van der Waals surface area contributed by atoms with E-state index in [4.69, 9.17) is 21.1 Å². The van der Waals surface area contributed by atoms with Crippen LogP contribution in [0.2, 0.25) is 5.02 Å². The van der Waals surface area contributed by atoms with Crippen molar-refractivity contribution >= 4 is 38.6 Å². The van der Waals surface area contributed by atoms with Crippen LogP contribution in [-0.2, 0) is 10.0 Å². The number of sulfonamides is 1. The Morgan fingerprint density at radius 1 is 1.07 bits per heavy atom. The fraction of sp³-hybridized carbons (Fsp3) is 0.167. The zero-order valence-electron chi connectivity index (χ0n) is 15.5. The highest BCUT2D eigenvalue weighted by Gasteiger charge is 2.46. The molecule has 0 aliphatic carbocycles. The summed E-state index contributed by atoms with van der Waals surface area (Å²) in [5, 5.41) is 2.43. The summed E-state index contributed by atoms with van der Waals surface area (Å²) < 4.78 is 72.0. The highest BCUT2D eigenvalue weighted by atomic mass is 35.5. The molecular formula is C18H14ClF3N2O4S2. The molecular weight excluding hydrogens is 465 g/mol. The number of ether oxygens (including phenoxy) is 2. The van der Waals surface area contributed by atoms with Gasteiger partial charge in [0.05, 0.1) is 30.6 Å². The molecule has 3 aromatic rings. The van der Waals surface area contributed by atoms with Gasteiger partial charge < -0.3 is 9.47 Å². The van der Waals surface area contributed by atoms with Gasteiger partial charge in [-0.1, -0.05) is 11.6 Å². The molecule has 3 rings (SSSR count). The molecule has 0 saturated carbocycles. The van der Waals surface area contributed by atoms with E-state index in [1.807, 2.05) is 0 Å². The Kier molecular flexibility index (Phi) is 6.16. The third-order valence-corrected chi connectivity index (χ3v) is 6.25. The van der Waals surface area contributed by atoms with Crippen LogP contribution >= 0.6 is 22.9 Å². The predicted octanol–water partition coefficient (Wildman–Crippen LogP) is 5.41. The van der Waals surface area contributed by atoms with E-state index in [0.29, 0.717) is 27.8 Å². The highest BCUT2D eigenvalue weighted by Crippen LogP contribution is 2.37. The van der Waals surface area contributed by atoms with E-state index in [1.165, 1.54) is 42.4 Å². The smallest absolute Gasteiger partial charge is 0.493 e. The molecule has 0 bridgehead atoms. The summed E-state index contributed by atoms with van der Waals surface area (Å²) in [6, 6.07) is 8.97. The predicted molar refractivity (Wildman–Crippen MR) is 110 cm³/mol. The Hall–Kier alpha value is -2.50. The molecule has 2 aromatic carbocycles. The monoisotopic (exact) mass is 478 g/mol. The molecule has 0 spiro atoms. The van der Waals surface area contributed by atoms with Crippen LogP contribution in [0, 0.1) is 0 Å². The second-order valence-electron chi connectivity index (χ2n) is 5.85. The molecule has 1 aromatic heterocycles. The van der Waals surface area contributed by atoms with Crippen molar-refractivity contribution in [1.82, 2.24) is 4.98 Å². The van der Waals surface area contributed by atoms with Gasteiger partial charge in [-0.05, 0) is 36.4 Å². The van der Waals surface area contributed by atoms with Crippen LogP contribution in [-0.4, -0.2) is 33.1 Å². The number of hydrogen-bond donors (Lipinski definition) is 1. The van der Waals surface area contributed by atoms with Crippen LogP contribution in [0.5, 0.6) is 11.5 Å². The van der Waals surface area contributed by atoms with E-state index in [9.17, 15) is 21.6 Å². The van der Waals surface area contributed by atoms with Gasteiger partial charge in [0.2, 0.25) is 0 Å². The maximum absolute atomic E-state index is 12.5. The van der Waals surface area contributed by atoms with E-state index >= 15 is 0 Å². The summed E-state index contributed by atoms with van der Waals surface area (Å²) in [5.74, 6) is 1.10. The van der Waals surface area contributed by atoms with Gasteiger partial charge in [0.25, 0.3) is 0 Å². The number of hydrogen-bond acceptors (Lipinski definition) is 6. The summed E-state index contributed by atoms with van der Waals surface area (Å²) in [5.41, 5.74) is -4.04. The van der Waals surface area contributed by atoms with E-state index in [2.05, 4.69) is 4.98 Å². The Morgan fingerprint density at radius 2 is 1.77 bits per heavy atom. The van der Waals surface area contributed by atoms with Gasteiger partial charge in [-0.3, -0.25) is 4.72 Å². The highest BCUT2D eigenvalue weighted by molar-refractivity contribution is 7.93. The second-order valence-corrected chi connectivity index (χ2v) is 8.79. The number of benzene rings is 2. The van der Waals surface area contributed by atoms with E-state index < -0.39 is 15.5 Å². The van der Waals surface area contributed by atoms with E-state index in [1.54, 1.807) is 23.6 Å². The molecule has 0 aliphatic rings. The van der Waals surface area contributed by atoms with Gasteiger partial charge >= 0.3 is 15.5 Å². The molecule has 0 radical (unpaired) electrons. The number of thiazole rings is 1. The van der Waals surface area contributed by atoms with Gasteiger partial charge in [-0.25, -0.2) is 4.98 Å². The number of aromatic nitrogens is 1. The lowest BCUT2D eigenvalue weighted by molar-refractivity contribution is -0.0429. The van der Waals surface area contributed by atoms with E-state index in [0.717, 1.165) is 11.6 Å². The summed E-state index contributed by atoms with van der Waals surface area (Å²) in [7, 11) is -2.49. The van der Waals surface area contributed by atoms with Crippen molar-refractivity contribution in [2.75, 3.05) is 18.9 Å². The van der Waals surface area contributed by atoms with Gasteiger partial charge in [-0.2, -0.15) is 21.6 Å². The molecule has 0 fully saturated rings. The van der Waals surface area contributed by atoms with Crippen LogP contribution in [0.25, 0.3) is 21.8 Å². The maximum atomic E-state index is 12.5. The van der Waals surface area contributed by atoms with Crippen LogP contribution in [0.1, 0.15) is 0 Å². The number of alkyl halides is 3. The number of anilines is 1. The normalized spacial score (nSPS) is 11.9. The van der Waals surface area contributed by atoms with Crippen molar-refractivity contribution in [3.8, 4) is 33.3 Å². The lowest BCUT2D eigenvalue weighted by atomic mass is 10.1. The van der Waals surface area contributed by atoms with Gasteiger partial charge in [0.1, 0.15) is 5.01 Å². The van der Waals surface area contributed by atoms with Gasteiger partial charge in [0, 0.05) is 16.5 Å². The second kappa shape index (κ2) is 8.32. The number of nitrogens with one attached hydrogen (secondary N) is 1. The third kappa shape index (κ3) is 4.47. The first-order valence-corrected chi connectivity index (χ1v) is 10.9. The summed E-state index contributed by atoms with van der Waals surface area (Å²) in [4.78, 5) is 4.51. The van der Waals surface area contributed by atoms with Gasteiger partial charge in [-0.15, -0.1) is 11.3 Å². The quantitative estimate of drug-likeness (QED) is 0.512. The lowest BCUT2D eigenvalue weighted by Crippen LogP contribution is -2.29. The van der Waals surface area contributed by atoms with Crippen molar-refractivity contribution in [3.63, 3.8) is 0 Å². The molecule has 1 N–H and O–H groups in total. The molecule has 0 amide bonds. The topological polar surface area (TPSA) is 77.5 Å². The fourth-order valence-corrected chi connectivity index (χ4v) is 4.15. The summed E-state index contributed by atoms with van der Waals surface area (Å²) >= 11 is 7.49. The number of rotatable bonds is 6. The Balaban J connectivity index is 1.89. The maximum Gasteiger partial charge on any atom is 0.516 e. The number of nitrogens with zero attached hydrogens (tertiary/aromatic N) is 1. The summed E-state index contributed by atoms with van der Waals surface area (Å²) in [6.45, 7) is 0. The van der Waals surface area contributed by atoms with Crippen molar-refractivity contribution in [3.05, 3.63) is 46.8 Å². The van der Waals surface area contributed by atoms with Crippen LogP contribution in [0.3, 0.4) is 0 Å². The first kappa shape index (κ1) is 22.2. The SMILES string of the molecule is COc1ccc(-c2nc(-c3ccc(NS(=O)(=O)C(F)(F)F)cc3Cl)cs2)cc1OC. The van der Waals surface area contributed by atoms with Crippen LogP contribution < -0.4 is 14.2 Å². The van der Waals surface area contributed by atoms with Crippen LogP contribution in [0.15, 0.2) is 41.8 Å². The largest absolute Gasteiger partial charge is 0.516 e. The van der Waals surface area contributed by atoms with Crippen molar-refractivity contribution < 1.29 is 31.1 Å². The third-order valence-electron chi connectivity index (χ3n) is 3.94. The molecule has 0 atom stereocenters. The minimum atomic E-state index is -5.53.